The highest BCUT2D eigenvalue weighted by molar-refractivity contribution is 5.44. The third-order valence-electron chi connectivity index (χ3n) is 2.03. The van der Waals surface area contributed by atoms with Crippen molar-refractivity contribution in [1.82, 2.24) is 9.78 Å². The first-order valence-corrected chi connectivity index (χ1v) is 4.84. The molecule has 0 aliphatic rings. The summed E-state index contributed by atoms with van der Waals surface area (Å²) in [4.78, 5) is 0. The number of aryl methyl sites for hydroxylation is 1. The van der Waals surface area contributed by atoms with E-state index in [0.29, 0.717) is 5.69 Å². The Morgan fingerprint density at radius 2 is 2.27 bits per heavy atom. The quantitative estimate of drug-likeness (QED) is 0.778. The Morgan fingerprint density at radius 1 is 1.40 bits per heavy atom. The fourth-order valence-electron chi connectivity index (χ4n) is 1.28. The molecule has 78 valence electrons. The summed E-state index contributed by atoms with van der Waals surface area (Å²) in [6, 6.07) is 7.32. The van der Waals surface area contributed by atoms with Gasteiger partial charge in [0.15, 0.2) is 5.75 Å². The number of benzene rings is 1. The summed E-state index contributed by atoms with van der Waals surface area (Å²) in [6.07, 6.45) is 3.54. The Morgan fingerprint density at radius 3 is 2.93 bits per heavy atom. The van der Waals surface area contributed by atoms with Crippen molar-refractivity contribution < 1.29 is 4.74 Å². The molecule has 0 aliphatic carbocycles. The van der Waals surface area contributed by atoms with E-state index in [0.717, 1.165) is 18.0 Å². The average Bonchev–Trinajstić information content (AvgIpc) is 2.65. The number of aromatic nitrogens is 2. The molecule has 1 aromatic heterocycles. The zero-order valence-corrected chi connectivity index (χ0v) is 8.55. The van der Waals surface area contributed by atoms with Crippen LogP contribution in [-0.4, -0.2) is 9.78 Å². The Balaban J connectivity index is 2.14. The van der Waals surface area contributed by atoms with E-state index >= 15 is 0 Å². The Labute approximate surface area is 88.3 Å². The van der Waals surface area contributed by atoms with Gasteiger partial charge in [-0.3, -0.25) is 4.68 Å². The summed E-state index contributed by atoms with van der Waals surface area (Å²) in [6.45, 7) is 2.86. The van der Waals surface area contributed by atoms with Gasteiger partial charge in [0.05, 0.1) is 12.4 Å². The zero-order chi connectivity index (χ0) is 10.7. The summed E-state index contributed by atoms with van der Waals surface area (Å²) >= 11 is 0. The number of nitrogen functional groups attached to an aromatic ring is 1. The van der Waals surface area contributed by atoms with Crippen LogP contribution in [0.1, 0.15) is 6.92 Å². The maximum Gasteiger partial charge on any atom is 0.165 e. The van der Waals surface area contributed by atoms with Crippen LogP contribution >= 0.6 is 0 Å². The third kappa shape index (κ3) is 2.28. The van der Waals surface area contributed by atoms with Gasteiger partial charge in [-0.25, -0.2) is 0 Å². The average molecular weight is 203 g/mol. The Hall–Kier alpha value is -1.97. The predicted molar refractivity (Wildman–Crippen MR) is 58.8 cm³/mol. The van der Waals surface area contributed by atoms with Crippen molar-refractivity contribution in [2.24, 2.45) is 0 Å². The fourth-order valence-corrected chi connectivity index (χ4v) is 1.28. The third-order valence-corrected chi connectivity index (χ3v) is 2.03. The number of ether oxygens (including phenoxy) is 1. The number of nitrogens with zero attached hydrogens (tertiary/aromatic N) is 2. The number of anilines is 1. The van der Waals surface area contributed by atoms with Crippen molar-refractivity contribution in [3.8, 4) is 11.5 Å². The maximum absolute atomic E-state index is 5.64. The van der Waals surface area contributed by atoms with Crippen LogP contribution in [0.5, 0.6) is 11.5 Å². The van der Waals surface area contributed by atoms with E-state index in [1.807, 2.05) is 36.0 Å². The second kappa shape index (κ2) is 4.04. The van der Waals surface area contributed by atoms with Crippen LogP contribution in [-0.2, 0) is 6.54 Å². The van der Waals surface area contributed by atoms with Gasteiger partial charge >= 0.3 is 0 Å². The normalized spacial score (nSPS) is 10.2. The minimum Gasteiger partial charge on any atom is -0.454 e. The van der Waals surface area contributed by atoms with Crippen LogP contribution in [0.4, 0.5) is 5.69 Å². The van der Waals surface area contributed by atoms with Crippen LogP contribution in [0.15, 0.2) is 36.7 Å². The van der Waals surface area contributed by atoms with E-state index < -0.39 is 0 Å². The zero-order valence-electron chi connectivity index (χ0n) is 8.55. The molecule has 1 heterocycles. The molecular weight excluding hydrogens is 190 g/mol. The van der Waals surface area contributed by atoms with Gasteiger partial charge in [0, 0.05) is 18.3 Å². The first kappa shape index (κ1) is 9.58. The molecule has 4 heteroatoms. The predicted octanol–water partition coefficient (Wildman–Crippen LogP) is 2.28. The molecule has 0 fully saturated rings. The first-order chi connectivity index (χ1) is 7.28. The molecule has 15 heavy (non-hydrogen) atoms. The Kier molecular flexibility index (Phi) is 2.58. The van der Waals surface area contributed by atoms with Crippen molar-refractivity contribution in [2.75, 3.05) is 5.73 Å². The largest absolute Gasteiger partial charge is 0.454 e. The van der Waals surface area contributed by atoms with Crippen molar-refractivity contribution in [3.05, 3.63) is 36.7 Å². The summed E-state index contributed by atoms with van der Waals surface area (Å²) in [5.74, 6) is 1.45. The van der Waals surface area contributed by atoms with Gasteiger partial charge in [-0.05, 0) is 19.1 Å². The summed E-state index contributed by atoms with van der Waals surface area (Å²) in [5, 5.41) is 4.11. The monoisotopic (exact) mass is 203 g/mol. The molecule has 2 aromatic rings. The highest BCUT2D eigenvalue weighted by Gasteiger charge is 2.00. The molecule has 0 amide bonds. The lowest BCUT2D eigenvalue weighted by molar-refractivity contribution is 0.481. The SMILES string of the molecule is CCn1cc(Oc2cccc(N)c2)cn1. The Bertz CT molecular complexity index is 451. The van der Waals surface area contributed by atoms with Crippen LogP contribution in [0, 0.1) is 0 Å². The van der Waals surface area contributed by atoms with E-state index in [9.17, 15) is 0 Å². The van der Waals surface area contributed by atoms with Gasteiger partial charge in [-0.1, -0.05) is 6.07 Å². The topological polar surface area (TPSA) is 53.1 Å². The van der Waals surface area contributed by atoms with Gasteiger partial charge in [0.2, 0.25) is 0 Å². The summed E-state index contributed by atoms with van der Waals surface area (Å²) in [7, 11) is 0. The minimum absolute atomic E-state index is 0.690. The van der Waals surface area contributed by atoms with Crippen molar-refractivity contribution >= 4 is 5.69 Å². The van der Waals surface area contributed by atoms with Crippen LogP contribution < -0.4 is 10.5 Å². The standard InChI is InChI=1S/C11H13N3O/c1-2-14-8-11(7-13-14)15-10-5-3-4-9(12)6-10/h3-8H,2,12H2,1H3. The van der Waals surface area contributed by atoms with Gasteiger partial charge in [0.1, 0.15) is 5.75 Å². The van der Waals surface area contributed by atoms with Gasteiger partial charge in [0.25, 0.3) is 0 Å². The van der Waals surface area contributed by atoms with E-state index in [4.69, 9.17) is 10.5 Å². The number of hydrogen-bond donors (Lipinski definition) is 1. The van der Waals surface area contributed by atoms with Crippen molar-refractivity contribution in [3.63, 3.8) is 0 Å². The molecule has 2 rings (SSSR count). The van der Waals surface area contributed by atoms with Crippen LogP contribution in [0.25, 0.3) is 0 Å². The molecule has 0 unspecified atom stereocenters. The molecule has 4 nitrogen and oxygen atoms in total. The highest BCUT2D eigenvalue weighted by Crippen LogP contribution is 2.22. The van der Waals surface area contributed by atoms with Gasteiger partial charge in [-0.15, -0.1) is 0 Å². The summed E-state index contributed by atoms with van der Waals surface area (Å²) in [5.41, 5.74) is 6.33. The molecule has 0 aliphatic heterocycles. The molecule has 0 saturated heterocycles. The molecule has 0 spiro atoms. The molecule has 1 aromatic carbocycles. The van der Waals surface area contributed by atoms with E-state index in [2.05, 4.69) is 5.10 Å². The molecule has 0 radical (unpaired) electrons. The van der Waals surface area contributed by atoms with E-state index in [1.165, 1.54) is 0 Å². The fraction of sp³-hybridized carbons (Fsp3) is 0.182. The van der Waals surface area contributed by atoms with Gasteiger partial charge < -0.3 is 10.5 Å². The van der Waals surface area contributed by atoms with Crippen LogP contribution in [0.2, 0.25) is 0 Å². The molecule has 0 atom stereocenters. The van der Waals surface area contributed by atoms with E-state index in [-0.39, 0.29) is 0 Å². The lowest BCUT2D eigenvalue weighted by Crippen LogP contribution is -1.92. The van der Waals surface area contributed by atoms with E-state index in [1.54, 1.807) is 12.3 Å². The van der Waals surface area contributed by atoms with Gasteiger partial charge in [-0.2, -0.15) is 5.10 Å². The maximum atomic E-state index is 5.64. The number of hydrogen-bond acceptors (Lipinski definition) is 3. The molecular formula is C11H13N3O. The van der Waals surface area contributed by atoms with Crippen LogP contribution in [0.3, 0.4) is 0 Å². The lowest BCUT2D eigenvalue weighted by Gasteiger charge is -2.02. The second-order valence-corrected chi connectivity index (χ2v) is 3.21. The molecule has 0 saturated carbocycles. The van der Waals surface area contributed by atoms with Crippen molar-refractivity contribution in [2.45, 2.75) is 13.5 Å². The highest BCUT2D eigenvalue weighted by atomic mass is 16.5. The summed E-state index contributed by atoms with van der Waals surface area (Å²) < 4.78 is 7.39. The van der Waals surface area contributed by atoms with Crippen molar-refractivity contribution in [1.29, 1.82) is 0 Å². The number of rotatable bonds is 3. The smallest absolute Gasteiger partial charge is 0.165 e. The lowest BCUT2D eigenvalue weighted by atomic mass is 10.3. The molecule has 0 bridgehead atoms. The number of nitrogens with two attached hydrogens (primary N) is 1. The first-order valence-electron chi connectivity index (χ1n) is 4.84. The minimum atomic E-state index is 0.690. The second-order valence-electron chi connectivity index (χ2n) is 3.21. The molecule has 2 N–H and O–H groups in total.